The van der Waals surface area contributed by atoms with Gasteiger partial charge in [-0.1, -0.05) is 6.07 Å². The molecule has 2 rings (SSSR count). The highest BCUT2D eigenvalue weighted by atomic mass is 16.1. The molecule has 0 fully saturated rings. The minimum atomic E-state index is -0.364. The zero-order valence-corrected chi connectivity index (χ0v) is 8.86. The van der Waals surface area contributed by atoms with Gasteiger partial charge in [0.25, 0.3) is 0 Å². The summed E-state index contributed by atoms with van der Waals surface area (Å²) in [5, 5.41) is 12.6. The standard InChI is InChI=1S/C12H9N3O2/c13-4-3-11(16)15-10-2-1-8-7-14-12(17)6-9(8)5-10/h1-2,5-7H,3H2,(H,14,17)(H,15,16). The van der Waals surface area contributed by atoms with E-state index in [4.69, 9.17) is 5.26 Å². The fraction of sp³-hybridized carbons (Fsp3) is 0.0833. The molecule has 17 heavy (non-hydrogen) atoms. The lowest BCUT2D eigenvalue weighted by Gasteiger charge is -2.04. The Balaban J connectivity index is 2.34. The number of hydrogen-bond donors (Lipinski definition) is 2. The maximum Gasteiger partial charge on any atom is 0.248 e. The number of hydrogen-bond acceptors (Lipinski definition) is 3. The predicted molar refractivity (Wildman–Crippen MR) is 63.4 cm³/mol. The number of fused-ring (bicyclic) bond motifs is 1. The molecule has 0 saturated heterocycles. The molecule has 1 heterocycles. The van der Waals surface area contributed by atoms with E-state index in [1.54, 1.807) is 30.5 Å². The Morgan fingerprint density at radius 3 is 2.94 bits per heavy atom. The monoisotopic (exact) mass is 227 g/mol. The van der Waals surface area contributed by atoms with Gasteiger partial charge in [-0.15, -0.1) is 0 Å². The SMILES string of the molecule is N#CCC(=O)Nc1ccc2c[nH]c(=O)cc2c1. The molecule has 5 nitrogen and oxygen atoms in total. The molecule has 0 radical (unpaired) electrons. The average molecular weight is 227 g/mol. The Morgan fingerprint density at radius 1 is 1.35 bits per heavy atom. The van der Waals surface area contributed by atoms with Crippen LogP contribution in [0.5, 0.6) is 0 Å². The van der Waals surface area contributed by atoms with E-state index in [-0.39, 0.29) is 17.9 Å². The molecule has 0 bridgehead atoms. The molecule has 1 amide bonds. The fourth-order valence-electron chi connectivity index (χ4n) is 1.52. The number of amides is 1. The van der Waals surface area contributed by atoms with E-state index in [0.29, 0.717) is 5.69 Å². The molecular formula is C12H9N3O2. The Kier molecular flexibility index (Phi) is 2.88. The van der Waals surface area contributed by atoms with Crippen molar-refractivity contribution in [3.05, 3.63) is 40.8 Å². The summed E-state index contributed by atoms with van der Waals surface area (Å²) in [5.41, 5.74) is 0.376. The summed E-state index contributed by atoms with van der Waals surface area (Å²) >= 11 is 0. The Labute approximate surface area is 96.7 Å². The van der Waals surface area contributed by atoms with Crippen LogP contribution in [0.4, 0.5) is 5.69 Å². The molecule has 0 aliphatic carbocycles. The number of carbonyl (C=O) groups is 1. The van der Waals surface area contributed by atoms with Gasteiger partial charge >= 0.3 is 0 Å². The highest BCUT2D eigenvalue weighted by molar-refractivity contribution is 5.95. The maximum atomic E-state index is 11.2. The van der Waals surface area contributed by atoms with Crippen molar-refractivity contribution in [2.24, 2.45) is 0 Å². The lowest BCUT2D eigenvalue weighted by molar-refractivity contribution is -0.115. The smallest absolute Gasteiger partial charge is 0.248 e. The van der Waals surface area contributed by atoms with Gasteiger partial charge in [0.2, 0.25) is 11.5 Å². The molecule has 5 heteroatoms. The number of nitrogens with one attached hydrogen (secondary N) is 2. The third-order valence-corrected chi connectivity index (χ3v) is 2.27. The minimum Gasteiger partial charge on any atom is -0.328 e. The molecule has 1 aromatic carbocycles. The van der Waals surface area contributed by atoms with Crippen molar-refractivity contribution < 1.29 is 4.79 Å². The van der Waals surface area contributed by atoms with E-state index < -0.39 is 0 Å². The van der Waals surface area contributed by atoms with Crippen LogP contribution in [0.15, 0.2) is 35.3 Å². The number of carbonyl (C=O) groups excluding carboxylic acids is 1. The number of nitrogens with zero attached hydrogens (tertiary/aromatic N) is 1. The van der Waals surface area contributed by atoms with Crippen LogP contribution in [0, 0.1) is 11.3 Å². The molecule has 84 valence electrons. The highest BCUT2D eigenvalue weighted by Gasteiger charge is 2.02. The summed E-state index contributed by atoms with van der Waals surface area (Å²) in [6, 6.07) is 8.42. The number of nitriles is 1. The lowest BCUT2D eigenvalue weighted by atomic mass is 10.1. The van der Waals surface area contributed by atoms with Crippen LogP contribution in [0.1, 0.15) is 6.42 Å². The second-order valence-corrected chi connectivity index (χ2v) is 3.52. The summed E-state index contributed by atoms with van der Waals surface area (Å²) in [6.45, 7) is 0. The largest absolute Gasteiger partial charge is 0.328 e. The molecule has 0 atom stereocenters. The van der Waals surface area contributed by atoms with Gasteiger partial charge in [-0.25, -0.2) is 0 Å². The predicted octanol–water partition coefficient (Wildman–Crippen LogP) is 1.38. The average Bonchev–Trinajstić information content (AvgIpc) is 2.28. The second kappa shape index (κ2) is 4.49. The number of H-pyrrole nitrogens is 1. The van der Waals surface area contributed by atoms with Gasteiger partial charge in [-0.2, -0.15) is 5.26 Å². The molecule has 0 saturated carbocycles. The number of aromatic nitrogens is 1. The van der Waals surface area contributed by atoms with Gasteiger partial charge in [0.15, 0.2) is 0 Å². The van der Waals surface area contributed by atoms with Crippen molar-refractivity contribution in [2.75, 3.05) is 5.32 Å². The van der Waals surface area contributed by atoms with Crippen LogP contribution in [0.2, 0.25) is 0 Å². The molecule has 0 spiro atoms. The fourth-order valence-corrected chi connectivity index (χ4v) is 1.52. The van der Waals surface area contributed by atoms with Gasteiger partial charge in [0, 0.05) is 18.0 Å². The van der Waals surface area contributed by atoms with Crippen molar-refractivity contribution in [1.29, 1.82) is 5.26 Å². The van der Waals surface area contributed by atoms with E-state index in [9.17, 15) is 9.59 Å². The van der Waals surface area contributed by atoms with E-state index in [1.807, 2.05) is 0 Å². The molecule has 2 aromatic rings. The van der Waals surface area contributed by atoms with E-state index in [2.05, 4.69) is 10.3 Å². The third-order valence-electron chi connectivity index (χ3n) is 2.27. The molecule has 2 N–H and O–H groups in total. The zero-order chi connectivity index (χ0) is 12.3. The number of anilines is 1. The lowest BCUT2D eigenvalue weighted by Crippen LogP contribution is -2.10. The van der Waals surface area contributed by atoms with E-state index in [1.165, 1.54) is 6.07 Å². The van der Waals surface area contributed by atoms with Gasteiger partial charge in [0.1, 0.15) is 6.42 Å². The Bertz CT molecular complexity index is 667. The summed E-state index contributed by atoms with van der Waals surface area (Å²) < 4.78 is 0. The quantitative estimate of drug-likeness (QED) is 0.812. The number of aromatic amines is 1. The van der Waals surface area contributed by atoms with Crippen LogP contribution < -0.4 is 10.9 Å². The molecule has 0 aliphatic heterocycles. The van der Waals surface area contributed by atoms with Crippen molar-refractivity contribution in [3.8, 4) is 6.07 Å². The van der Waals surface area contributed by atoms with Crippen LogP contribution >= 0.6 is 0 Å². The van der Waals surface area contributed by atoms with Gasteiger partial charge in [0.05, 0.1) is 6.07 Å². The van der Waals surface area contributed by atoms with Crippen LogP contribution in [-0.2, 0) is 4.79 Å². The molecule has 1 aromatic heterocycles. The Hall–Kier alpha value is -2.61. The van der Waals surface area contributed by atoms with E-state index in [0.717, 1.165) is 10.8 Å². The summed E-state index contributed by atoms with van der Waals surface area (Å²) in [5.74, 6) is -0.364. The number of benzene rings is 1. The first-order valence-electron chi connectivity index (χ1n) is 4.98. The van der Waals surface area contributed by atoms with Gasteiger partial charge in [-0.3, -0.25) is 9.59 Å². The summed E-state index contributed by atoms with van der Waals surface area (Å²) in [7, 11) is 0. The minimum absolute atomic E-state index is 0.187. The maximum absolute atomic E-state index is 11.2. The number of pyridine rings is 1. The third kappa shape index (κ3) is 2.49. The van der Waals surface area contributed by atoms with Crippen molar-refractivity contribution >= 4 is 22.4 Å². The number of rotatable bonds is 2. The van der Waals surface area contributed by atoms with Gasteiger partial charge < -0.3 is 10.3 Å². The first kappa shape index (κ1) is 10.9. The van der Waals surface area contributed by atoms with Crippen molar-refractivity contribution in [3.63, 3.8) is 0 Å². The normalized spacial score (nSPS) is 9.82. The first-order chi connectivity index (χ1) is 8.19. The first-order valence-corrected chi connectivity index (χ1v) is 4.98. The van der Waals surface area contributed by atoms with Crippen molar-refractivity contribution in [1.82, 2.24) is 4.98 Å². The van der Waals surface area contributed by atoms with Gasteiger partial charge in [-0.05, 0) is 22.9 Å². The van der Waals surface area contributed by atoms with Crippen LogP contribution in [0.3, 0.4) is 0 Å². The van der Waals surface area contributed by atoms with Crippen molar-refractivity contribution in [2.45, 2.75) is 6.42 Å². The molecule has 0 aliphatic rings. The molecular weight excluding hydrogens is 218 g/mol. The van der Waals surface area contributed by atoms with Crippen LogP contribution in [0.25, 0.3) is 10.8 Å². The van der Waals surface area contributed by atoms with E-state index >= 15 is 0 Å². The molecule has 0 unspecified atom stereocenters. The highest BCUT2D eigenvalue weighted by Crippen LogP contribution is 2.16. The summed E-state index contributed by atoms with van der Waals surface area (Å²) in [4.78, 5) is 24.9. The topological polar surface area (TPSA) is 85.8 Å². The Morgan fingerprint density at radius 2 is 2.18 bits per heavy atom. The second-order valence-electron chi connectivity index (χ2n) is 3.52. The zero-order valence-electron chi connectivity index (χ0n) is 8.86. The summed E-state index contributed by atoms with van der Waals surface area (Å²) in [6.07, 6.45) is 1.42. The van der Waals surface area contributed by atoms with Crippen LogP contribution in [-0.4, -0.2) is 10.9 Å².